The molecule has 1 saturated heterocycles. The first-order valence-electron chi connectivity index (χ1n) is 7.58. The van der Waals surface area contributed by atoms with Crippen LogP contribution in [0.3, 0.4) is 0 Å². The van der Waals surface area contributed by atoms with Crippen molar-refractivity contribution < 1.29 is 9.15 Å². The van der Waals surface area contributed by atoms with E-state index in [0.717, 1.165) is 19.6 Å². The second-order valence-electron chi connectivity index (χ2n) is 5.73. The molecule has 0 aliphatic carbocycles. The van der Waals surface area contributed by atoms with Crippen molar-refractivity contribution in [2.24, 2.45) is 5.92 Å². The lowest BCUT2D eigenvalue weighted by Gasteiger charge is -2.21. The van der Waals surface area contributed by atoms with Crippen LogP contribution < -0.4 is 9.80 Å². The van der Waals surface area contributed by atoms with Gasteiger partial charge in [-0.1, -0.05) is 23.3 Å². The fraction of sp³-hybridized carbons (Fsp3) is 0.500. The third kappa shape index (κ3) is 3.39. The zero-order valence-corrected chi connectivity index (χ0v) is 13.1. The van der Waals surface area contributed by atoms with E-state index >= 15 is 0 Å². The number of anilines is 2. The summed E-state index contributed by atoms with van der Waals surface area (Å²) in [5.41, 5.74) is 1.30. The molecule has 0 bridgehead atoms. The number of benzene rings is 1. The van der Waals surface area contributed by atoms with E-state index < -0.39 is 0 Å². The Morgan fingerprint density at radius 2 is 2.14 bits per heavy atom. The van der Waals surface area contributed by atoms with Gasteiger partial charge in [0.15, 0.2) is 0 Å². The Hall–Kier alpha value is -2.08. The molecule has 1 aromatic carbocycles. The van der Waals surface area contributed by atoms with E-state index in [1.54, 1.807) is 7.11 Å². The highest BCUT2D eigenvalue weighted by molar-refractivity contribution is 5.47. The van der Waals surface area contributed by atoms with Gasteiger partial charge < -0.3 is 19.0 Å². The van der Waals surface area contributed by atoms with Crippen LogP contribution in [0.1, 0.15) is 12.3 Å². The third-order valence-corrected chi connectivity index (χ3v) is 3.99. The highest BCUT2D eigenvalue weighted by Gasteiger charge is 2.25. The number of para-hydroxylation sites is 1. The van der Waals surface area contributed by atoms with E-state index in [1.165, 1.54) is 12.1 Å². The minimum atomic E-state index is 0.353. The monoisotopic (exact) mass is 302 g/mol. The first kappa shape index (κ1) is 14.8. The SMILES string of the molecule is COCc1nnc(N(C)CC2CCN(c3ccccc3)C2)o1. The molecule has 1 aromatic heterocycles. The van der Waals surface area contributed by atoms with Gasteiger partial charge in [-0.2, -0.15) is 0 Å². The summed E-state index contributed by atoms with van der Waals surface area (Å²) in [4.78, 5) is 4.47. The largest absolute Gasteiger partial charge is 0.405 e. The van der Waals surface area contributed by atoms with Crippen molar-refractivity contribution in [3.05, 3.63) is 36.2 Å². The zero-order valence-electron chi connectivity index (χ0n) is 13.1. The molecule has 2 aromatic rings. The van der Waals surface area contributed by atoms with Crippen molar-refractivity contribution >= 4 is 11.7 Å². The quantitative estimate of drug-likeness (QED) is 0.815. The van der Waals surface area contributed by atoms with E-state index in [1.807, 2.05) is 11.9 Å². The molecule has 2 heterocycles. The van der Waals surface area contributed by atoms with Gasteiger partial charge >= 0.3 is 6.01 Å². The maximum Gasteiger partial charge on any atom is 0.317 e. The van der Waals surface area contributed by atoms with Gasteiger partial charge in [-0.25, -0.2) is 0 Å². The summed E-state index contributed by atoms with van der Waals surface area (Å²) < 4.78 is 10.6. The number of ether oxygens (including phenoxy) is 1. The molecule has 3 rings (SSSR count). The highest BCUT2D eigenvalue weighted by Crippen LogP contribution is 2.25. The maximum atomic E-state index is 5.57. The molecule has 22 heavy (non-hydrogen) atoms. The fourth-order valence-corrected chi connectivity index (χ4v) is 2.90. The first-order chi connectivity index (χ1) is 10.8. The summed E-state index contributed by atoms with van der Waals surface area (Å²) in [6, 6.07) is 11.1. The van der Waals surface area contributed by atoms with Crippen LogP contribution in [0.15, 0.2) is 34.7 Å². The predicted molar refractivity (Wildman–Crippen MR) is 85.0 cm³/mol. The molecule has 0 amide bonds. The topological polar surface area (TPSA) is 54.6 Å². The van der Waals surface area contributed by atoms with E-state index in [0.29, 0.717) is 24.4 Å². The van der Waals surface area contributed by atoms with Gasteiger partial charge in [0.1, 0.15) is 6.61 Å². The van der Waals surface area contributed by atoms with E-state index in [-0.39, 0.29) is 0 Å². The number of nitrogens with zero attached hydrogens (tertiary/aromatic N) is 4. The number of methoxy groups -OCH3 is 1. The summed E-state index contributed by atoms with van der Waals surface area (Å²) in [6.45, 7) is 3.43. The first-order valence-corrected chi connectivity index (χ1v) is 7.58. The average molecular weight is 302 g/mol. The average Bonchev–Trinajstić information content (AvgIpc) is 3.18. The highest BCUT2D eigenvalue weighted by atomic mass is 16.5. The molecule has 1 fully saturated rings. The Morgan fingerprint density at radius 1 is 1.32 bits per heavy atom. The van der Waals surface area contributed by atoms with Crippen LogP contribution in [0.25, 0.3) is 0 Å². The van der Waals surface area contributed by atoms with Crippen molar-refractivity contribution in [1.29, 1.82) is 0 Å². The van der Waals surface area contributed by atoms with Crippen LogP contribution in [0.4, 0.5) is 11.7 Å². The molecule has 1 aliphatic rings. The van der Waals surface area contributed by atoms with Crippen LogP contribution in [-0.4, -0.2) is 44.0 Å². The van der Waals surface area contributed by atoms with Crippen LogP contribution in [-0.2, 0) is 11.3 Å². The van der Waals surface area contributed by atoms with E-state index in [2.05, 4.69) is 45.4 Å². The number of hydrogen-bond acceptors (Lipinski definition) is 6. The molecule has 0 radical (unpaired) electrons. The third-order valence-electron chi connectivity index (χ3n) is 3.99. The van der Waals surface area contributed by atoms with Gasteiger partial charge in [-0.15, -0.1) is 5.10 Å². The van der Waals surface area contributed by atoms with Gasteiger partial charge in [-0.05, 0) is 24.5 Å². The van der Waals surface area contributed by atoms with E-state index in [9.17, 15) is 0 Å². The summed E-state index contributed by atoms with van der Waals surface area (Å²) in [5.74, 6) is 1.12. The Labute approximate surface area is 130 Å². The summed E-state index contributed by atoms with van der Waals surface area (Å²) in [6.07, 6.45) is 1.18. The van der Waals surface area contributed by atoms with Crippen molar-refractivity contribution in [3.8, 4) is 0 Å². The predicted octanol–water partition coefficient (Wildman–Crippen LogP) is 2.18. The number of hydrogen-bond donors (Lipinski definition) is 0. The van der Waals surface area contributed by atoms with Crippen LogP contribution >= 0.6 is 0 Å². The summed E-state index contributed by atoms with van der Waals surface area (Å²) in [7, 11) is 3.61. The molecular weight excluding hydrogens is 280 g/mol. The minimum Gasteiger partial charge on any atom is -0.405 e. The van der Waals surface area contributed by atoms with Crippen molar-refractivity contribution in [2.75, 3.05) is 43.6 Å². The maximum absolute atomic E-state index is 5.57. The molecule has 118 valence electrons. The van der Waals surface area contributed by atoms with Crippen LogP contribution in [0, 0.1) is 5.92 Å². The summed E-state index contributed by atoms with van der Waals surface area (Å²) in [5, 5.41) is 8.04. The van der Waals surface area contributed by atoms with E-state index in [4.69, 9.17) is 9.15 Å². The van der Waals surface area contributed by atoms with Crippen LogP contribution in [0.5, 0.6) is 0 Å². The Kier molecular flexibility index (Phi) is 4.58. The molecule has 6 nitrogen and oxygen atoms in total. The summed E-state index contributed by atoms with van der Waals surface area (Å²) >= 11 is 0. The molecule has 1 unspecified atom stereocenters. The molecule has 6 heteroatoms. The number of rotatable bonds is 6. The van der Waals surface area contributed by atoms with Gasteiger partial charge in [0.25, 0.3) is 0 Å². The molecule has 0 saturated carbocycles. The molecule has 1 aliphatic heterocycles. The Balaban J connectivity index is 1.55. The van der Waals surface area contributed by atoms with Crippen molar-refractivity contribution in [3.63, 3.8) is 0 Å². The molecule has 0 spiro atoms. The lowest BCUT2D eigenvalue weighted by atomic mass is 10.1. The lowest BCUT2D eigenvalue weighted by molar-refractivity contribution is 0.160. The zero-order chi connectivity index (χ0) is 15.4. The van der Waals surface area contributed by atoms with Gasteiger partial charge in [-0.3, -0.25) is 0 Å². The standard InChI is InChI=1S/C16H22N4O2/c1-19(16-18-17-15(22-16)12-21-2)10-13-8-9-20(11-13)14-6-4-3-5-7-14/h3-7,13H,8-12H2,1-2H3. The number of aromatic nitrogens is 2. The van der Waals surface area contributed by atoms with Crippen LogP contribution in [0.2, 0.25) is 0 Å². The molecular formula is C16H22N4O2. The van der Waals surface area contributed by atoms with Gasteiger partial charge in [0, 0.05) is 39.5 Å². The molecule has 0 N–H and O–H groups in total. The lowest BCUT2D eigenvalue weighted by Crippen LogP contribution is -2.28. The minimum absolute atomic E-state index is 0.353. The Bertz CT molecular complexity index is 587. The second kappa shape index (κ2) is 6.79. The van der Waals surface area contributed by atoms with Gasteiger partial charge in [0.05, 0.1) is 0 Å². The van der Waals surface area contributed by atoms with Gasteiger partial charge in [0.2, 0.25) is 5.89 Å². The second-order valence-corrected chi connectivity index (χ2v) is 5.73. The normalized spacial score (nSPS) is 17.9. The fourth-order valence-electron chi connectivity index (χ4n) is 2.90. The smallest absolute Gasteiger partial charge is 0.317 e. The Morgan fingerprint density at radius 3 is 2.91 bits per heavy atom. The van der Waals surface area contributed by atoms with Crippen molar-refractivity contribution in [2.45, 2.75) is 13.0 Å². The molecule has 1 atom stereocenters. The van der Waals surface area contributed by atoms with Crippen molar-refractivity contribution in [1.82, 2.24) is 10.2 Å².